The fourth-order valence-electron chi connectivity index (χ4n) is 4.61. The Balaban J connectivity index is 1.82. The normalized spacial score (nSPS) is 14.7. The van der Waals surface area contributed by atoms with Crippen molar-refractivity contribution in [1.29, 1.82) is 0 Å². The summed E-state index contributed by atoms with van der Waals surface area (Å²) in [6, 6.07) is 7.96. The molecule has 0 N–H and O–H groups in total. The Kier molecular flexibility index (Phi) is 12.1. The number of hydrogen-bond donors (Lipinski definition) is 0. The van der Waals surface area contributed by atoms with E-state index >= 15 is 0 Å². The van der Waals surface area contributed by atoms with E-state index in [1.165, 1.54) is 25.7 Å². The lowest BCUT2D eigenvalue weighted by atomic mass is 9.89. The average Bonchev–Trinajstić information content (AvgIpc) is 2.83. The summed E-state index contributed by atoms with van der Waals surface area (Å²) in [5.41, 5.74) is 2.24. The highest BCUT2D eigenvalue weighted by atomic mass is 16.7. The van der Waals surface area contributed by atoms with Gasteiger partial charge in [0.1, 0.15) is 0 Å². The number of nitrogens with zero attached hydrogens (tertiary/aromatic N) is 2. The molecule has 0 unspecified atom stereocenters. The van der Waals surface area contributed by atoms with Gasteiger partial charge >= 0.3 is 0 Å². The Labute approximate surface area is 208 Å². The van der Waals surface area contributed by atoms with Crippen LogP contribution >= 0.6 is 0 Å². The Morgan fingerprint density at radius 3 is 2.41 bits per heavy atom. The second kappa shape index (κ2) is 14.5. The minimum Gasteiger partial charge on any atom is -0.339 e. The number of amides is 2. The van der Waals surface area contributed by atoms with Gasteiger partial charge in [-0.3, -0.25) is 14.4 Å². The molecule has 0 aliphatic heterocycles. The van der Waals surface area contributed by atoms with Crippen LogP contribution in [0.15, 0.2) is 24.3 Å². The highest BCUT2D eigenvalue weighted by Gasteiger charge is 2.26. The fourth-order valence-corrected chi connectivity index (χ4v) is 4.61. The molecule has 0 saturated heterocycles. The van der Waals surface area contributed by atoms with Crippen molar-refractivity contribution < 1.29 is 14.4 Å². The van der Waals surface area contributed by atoms with Gasteiger partial charge in [-0.05, 0) is 55.2 Å². The van der Waals surface area contributed by atoms with Gasteiger partial charge in [0.15, 0.2) is 0 Å². The topological polar surface area (TPSA) is 49.9 Å². The predicted molar refractivity (Wildman–Crippen MR) is 140 cm³/mol. The minimum atomic E-state index is -0.00954. The van der Waals surface area contributed by atoms with Crippen LogP contribution in [-0.2, 0) is 16.1 Å². The van der Waals surface area contributed by atoms with Crippen LogP contribution in [0.2, 0.25) is 0 Å². The Hall–Kier alpha value is -1.88. The van der Waals surface area contributed by atoms with E-state index in [2.05, 4.69) is 27.7 Å². The average molecular weight is 473 g/mol. The van der Waals surface area contributed by atoms with Gasteiger partial charge in [-0.25, -0.2) is 5.06 Å². The Bertz CT molecular complexity index is 750. The Morgan fingerprint density at radius 2 is 1.74 bits per heavy atom. The van der Waals surface area contributed by atoms with E-state index in [1.54, 1.807) is 17.0 Å². The zero-order valence-corrected chi connectivity index (χ0v) is 22.4. The lowest BCUT2D eigenvalue weighted by Crippen LogP contribution is -2.43. The monoisotopic (exact) mass is 472 g/mol. The summed E-state index contributed by atoms with van der Waals surface area (Å²) < 4.78 is 0. The number of aryl methyl sites for hydroxylation is 1. The number of rotatable bonds is 13. The third kappa shape index (κ3) is 10.2. The first kappa shape index (κ1) is 28.4. The summed E-state index contributed by atoms with van der Waals surface area (Å²) in [6.07, 6.45) is 12.7. The SMILES string of the molecule is CCc1cccc(C(=O)N(C)CCON(C(=O)CCCCCCC(C)(C)C)C2CCCCC2)c1. The molecular weight excluding hydrogens is 424 g/mol. The molecule has 1 aliphatic carbocycles. The van der Waals surface area contributed by atoms with Gasteiger partial charge in [0.25, 0.3) is 5.91 Å². The highest BCUT2D eigenvalue weighted by molar-refractivity contribution is 5.94. The van der Waals surface area contributed by atoms with Gasteiger partial charge in [0.05, 0.1) is 12.6 Å². The van der Waals surface area contributed by atoms with Crippen molar-refractivity contribution >= 4 is 11.8 Å². The molecule has 0 radical (unpaired) electrons. The van der Waals surface area contributed by atoms with E-state index in [4.69, 9.17) is 4.84 Å². The van der Waals surface area contributed by atoms with Crippen molar-refractivity contribution in [3.8, 4) is 0 Å². The highest BCUT2D eigenvalue weighted by Crippen LogP contribution is 2.25. The van der Waals surface area contributed by atoms with E-state index in [0.29, 0.717) is 30.6 Å². The number of likely N-dealkylation sites (N-methyl/N-ethyl adjacent to an activating group) is 1. The number of carbonyl (C=O) groups excluding carboxylic acids is 2. The first-order chi connectivity index (χ1) is 16.2. The zero-order chi connectivity index (χ0) is 25.0. The maximum Gasteiger partial charge on any atom is 0.253 e. The molecule has 0 aromatic heterocycles. The van der Waals surface area contributed by atoms with Crippen molar-refractivity contribution in [2.45, 2.75) is 111 Å². The second-order valence-corrected chi connectivity index (χ2v) is 11.1. The maximum absolute atomic E-state index is 13.1. The molecule has 1 aromatic carbocycles. The number of hydroxylamine groups is 2. The van der Waals surface area contributed by atoms with Gasteiger partial charge in [0.2, 0.25) is 5.91 Å². The molecule has 1 aliphatic rings. The molecule has 192 valence electrons. The summed E-state index contributed by atoms with van der Waals surface area (Å²) in [6.45, 7) is 9.72. The standard InChI is InChI=1S/C29H48N2O3/c1-6-24-15-14-16-25(23-24)28(33)30(5)21-22-34-31(26-17-10-9-11-18-26)27(32)19-12-7-8-13-20-29(2,3)4/h14-16,23,26H,6-13,17-22H2,1-5H3. The van der Waals surface area contributed by atoms with Crippen molar-refractivity contribution in [2.75, 3.05) is 20.2 Å². The molecule has 0 bridgehead atoms. The summed E-state index contributed by atoms with van der Waals surface area (Å²) in [5.74, 6) is 0.0945. The zero-order valence-electron chi connectivity index (χ0n) is 22.4. The number of hydrogen-bond acceptors (Lipinski definition) is 3. The first-order valence-electron chi connectivity index (χ1n) is 13.5. The smallest absolute Gasteiger partial charge is 0.253 e. The molecule has 34 heavy (non-hydrogen) atoms. The van der Waals surface area contributed by atoms with Crippen molar-refractivity contribution in [1.82, 2.24) is 9.96 Å². The van der Waals surface area contributed by atoms with Gasteiger partial charge in [-0.1, -0.05) is 78.4 Å². The number of carbonyl (C=O) groups is 2. The van der Waals surface area contributed by atoms with Crippen LogP contribution in [0, 0.1) is 5.41 Å². The van der Waals surface area contributed by atoms with Crippen molar-refractivity contribution in [3.63, 3.8) is 0 Å². The van der Waals surface area contributed by atoms with Crippen LogP contribution in [0.4, 0.5) is 0 Å². The maximum atomic E-state index is 13.1. The van der Waals surface area contributed by atoms with Crippen LogP contribution in [0.3, 0.4) is 0 Å². The first-order valence-corrected chi connectivity index (χ1v) is 13.5. The second-order valence-electron chi connectivity index (χ2n) is 11.1. The van der Waals surface area contributed by atoms with E-state index < -0.39 is 0 Å². The third-order valence-corrected chi connectivity index (χ3v) is 6.81. The third-order valence-electron chi connectivity index (χ3n) is 6.81. The predicted octanol–water partition coefficient (Wildman–Crippen LogP) is 6.80. The summed E-state index contributed by atoms with van der Waals surface area (Å²) in [4.78, 5) is 33.6. The minimum absolute atomic E-state index is 0.00954. The van der Waals surface area contributed by atoms with E-state index in [1.807, 2.05) is 24.3 Å². The summed E-state index contributed by atoms with van der Waals surface area (Å²) in [5, 5.41) is 1.67. The molecule has 2 amide bonds. The quantitative estimate of drug-likeness (QED) is 0.234. The lowest BCUT2D eigenvalue weighted by molar-refractivity contribution is -0.204. The molecule has 0 atom stereocenters. The lowest BCUT2D eigenvalue weighted by Gasteiger charge is -2.33. The Morgan fingerprint density at radius 1 is 1.03 bits per heavy atom. The van der Waals surface area contributed by atoms with Gasteiger partial charge in [-0.2, -0.15) is 0 Å². The molecule has 5 heteroatoms. The number of unbranched alkanes of at least 4 members (excludes halogenated alkanes) is 3. The molecule has 1 fully saturated rings. The number of benzene rings is 1. The largest absolute Gasteiger partial charge is 0.339 e. The van der Waals surface area contributed by atoms with E-state index in [9.17, 15) is 9.59 Å². The van der Waals surface area contributed by atoms with Crippen LogP contribution in [-0.4, -0.2) is 48.0 Å². The molecule has 5 nitrogen and oxygen atoms in total. The van der Waals surface area contributed by atoms with Crippen LogP contribution < -0.4 is 0 Å². The molecule has 1 aromatic rings. The fraction of sp³-hybridized carbons (Fsp3) is 0.724. The van der Waals surface area contributed by atoms with E-state index in [-0.39, 0.29) is 17.9 Å². The van der Waals surface area contributed by atoms with Crippen LogP contribution in [0.1, 0.15) is 114 Å². The molecular formula is C29H48N2O3. The van der Waals surface area contributed by atoms with Crippen molar-refractivity contribution in [3.05, 3.63) is 35.4 Å². The molecule has 0 heterocycles. The van der Waals surface area contributed by atoms with Gasteiger partial charge < -0.3 is 4.90 Å². The molecule has 1 saturated carbocycles. The summed E-state index contributed by atoms with van der Waals surface area (Å²) >= 11 is 0. The van der Waals surface area contributed by atoms with Gasteiger partial charge in [0, 0.05) is 25.6 Å². The van der Waals surface area contributed by atoms with Gasteiger partial charge in [-0.15, -0.1) is 0 Å². The van der Waals surface area contributed by atoms with Crippen molar-refractivity contribution in [2.24, 2.45) is 5.41 Å². The summed E-state index contributed by atoms with van der Waals surface area (Å²) in [7, 11) is 1.80. The van der Waals surface area contributed by atoms with E-state index in [0.717, 1.165) is 50.5 Å². The van der Waals surface area contributed by atoms with Crippen LogP contribution in [0.25, 0.3) is 0 Å². The molecule has 2 rings (SSSR count). The van der Waals surface area contributed by atoms with Crippen LogP contribution in [0.5, 0.6) is 0 Å². The molecule has 0 spiro atoms.